The number of amides is 1. The molecule has 1 amide bonds. The molecule has 0 bridgehead atoms. The largest absolute Gasteiger partial charge is 0.289 e. The topological polar surface area (TPSA) is 76.3 Å². The van der Waals surface area contributed by atoms with Gasteiger partial charge in [-0.05, 0) is 40.1 Å². The van der Waals surface area contributed by atoms with Crippen molar-refractivity contribution in [3.05, 3.63) is 99.1 Å². The van der Waals surface area contributed by atoms with E-state index in [1.165, 1.54) is 40.6 Å². The Balaban J connectivity index is 1.39. The van der Waals surface area contributed by atoms with Crippen LogP contribution in [-0.2, 0) is 11.3 Å². The summed E-state index contributed by atoms with van der Waals surface area (Å²) in [6.07, 6.45) is 2.64. The number of hydrogen-bond acceptors (Lipinski definition) is 5. The predicted octanol–water partition coefficient (Wildman–Crippen LogP) is 5.22. The van der Waals surface area contributed by atoms with Gasteiger partial charge in [0.25, 0.3) is 11.5 Å². The Hall–Kier alpha value is -3.88. The summed E-state index contributed by atoms with van der Waals surface area (Å²) >= 11 is 7.03. The second kappa shape index (κ2) is 9.17. The van der Waals surface area contributed by atoms with Gasteiger partial charge in [-0.25, -0.2) is 14.8 Å². The van der Waals surface area contributed by atoms with Crippen LogP contribution in [0.3, 0.4) is 0 Å². The van der Waals surface area contributed by atoms with E-state index in [0.29, 0.717) is 15.8 Å². The maximum absolute atomic E-state index is 13.5. The third-order valence-electron chi connectivity index (χ3n) is 5.28. The number of nitrogens with one attached hydrogen (secondary N) is 1. The second-order valence-corrected chi connectivity index (χ2v) is 8.80. The summed E-state index contributed by atoms with van der Waals surface area (Å²) in [5, 5.41) is 8.37. The summed E-state index contributed by atoms with van der Waals surface area (Å²) < 4.78 is 14.7. The Morgan fingerprint density at radius 1 is 1.15 bits per heavy atom. The molecule has 1 N–H and O–H groups in total. The number of fused-ring (bicyclic) bond motifs is 2. The zero-order chi connectivity index (χ0) is 23.7. The lowest BCUT2D eigenvalue weighted by Gasteiger charge is -2.06. The quantitative estimate of drug-likeness (QED) is 0.271. The van der Waals surface area contributed by atoms with Crippen LogP contribution in [0.1, 0.15) is 5.56 Å². The van der Waals surface area contributed by atoms with Gasteiger partial charge in [-0.15, -0.1) is 11.3 Å². The SMILES string of the molecule is O=C(Cn1cnc2scc(-c3ccc4ccccc4c3)c2c1=O)N/N=C/c1ccc(Cl)c(F)c1. The normalized spacial score (nSPS) is 11.5. The lowest BCUT2D eigenvalue weighted by atomic mass is 10.0. The molecule has 0 fully saturated rings. The predicted molar refractivity (Wildman–Crippen MR) is 134 cm³/mol. The minimum Gasteiger partial charge on any atom is -0.289 e. The lowest BCUT2D eigenvalue weighted by molar-refractivity contribution is -0.121. The highest BCUT2D eigenvalue weighted by Gasteiger charge is 2.15. The third-order valence-corrected chi connectivity index (χ3v) is 6.47. The van der Waals surface area contributed by atoms with Gasteiger partial charge in [0, 0.05) is 10.9 Å². The molecule has 0 aliphatic rings. The molecule has 0 spiro atoms. The Morgan fingerprint density at radius 3 is 2.79 bits per heavy atom. The fraction of sp³-hybridized carbons (Fsp3) is 0.0400. The van der Waals surface area contributed by atoms with E-state index in [0.717, 1.165) is 21.9 Å². The van der Waals surface area contributed by atoms with Crippen molar-refractivity contribution in [1.82, 2.24) is 15.0 Å². The standard InChI is InChI=1S/C25H16ClFN4O2S/c26-20-8-5-15(9-21(20)27)11-29-30-22(32)12-31-14-28-24-23(25(31)33)19(13-34-24)18-7-6-16-3-1-2-4-17(16)10-18/h1-11,13-14H,12H2,(H,30,32)/b29-11+. The molecule has 2 heterocycles. The van der Waals surface area contributed by atoms with Crippen molar-refractivity contribution in [1.29, 1.82) is 0 Å². The van der Waals surface area contributed by atoms with E-state index in [4.69, 9.17) is 11.6 Å². The molecule has 34 heavy (non-hydrogen) atoms. The Labute approximate surface area is 202 Å². The van der Waals surface area contributed by atoms with E-state index in [2.05, 4.69) is 15.5 Å². The van der Waals surface area contributed by atoms with Gasteiger partial charge in [0.2, 0.25) is 0 Å². The average molecular weight is 491 g/mol. The molecule has 0 unspecified atom stereocenters. The molecule has 0 radical (unpaired) electrons. The highest BCUT2D eigenvalue weighted by Crippen LogP contribution is 2.32. The van der Waals surface area contributed by atoms with Crippen LogP contribution in [0.15, 0.2) is 82.3 Å². The zero-order valence-electron chi connectivity index (χ0n) is 17.5. The second-order valence-electron chi connectivity index (χ2n) is 7.54. The van der Waals surface area contributed by atoms with Crippen LogP contribution >= 0.6 is 22.9 Å². The third kappa shape index (κ3) is 4.33. The number of thiophene rings is 1. The van der Waals surface area contributed by atoms with E-state index in [1.54, 1.807) is 6.07 Å². The van der Waals surface area contributed by atoms with Crippen molar-refractivity contribution in [2.24, 2.45) is 5.10 Å². The van der Waals surface area contributed by atoms with Crippen LogP contribution in [0.5, 0.6) is 0 Å². The van der Waals surface area contributed by atoms with Gasteiger partial charge in [-0.2, -0.15) is 5.10 Å². The van der Waals surface area contributed by atoms with Crippen LogP contribution in [0.2, 0.25) is 5.02 Å². The maximum Gasteiger partial charge on any atom is 0.263 e. The average Bonchev–Trinajstić information content (AvgIpc) is 3.28. The van der Waals surface area contributed by atoms with Gasteiger partial charge >= 0.3 is 0 Å². The minimum atomic E-state index is -0.583. The molecule has 0 aliphatic carbocycles. The molecule has 6 nitrogen and oxygen atoms in total. The molecule has 3 aromatic carbocycles. The number of hydrogen-bond donors (Lipinski definition) is 1. The Kier molecular flexibility index (Phi) is 5.91. The number of nitrogens with zero attached hydrogens (tertiary/aromatic N) is 3. The summed E-state index contributed by atoms with van der Waals surface area (Å²) in [5.74, 6) is -1.10. The maximum atomic E-state index is 13.5. The van der Waals surface area contributed by atoms with Gasteiger partial charge in [-0.1, -0.05) is 54.1 Å². The molecule has 9 heteroatoms. The summed E-state index contributed by atoms with van der Waals surface area (Å²) in [4.78, 5) is 30.5. The first kappa shape index (κ1) is 21.9. The number of hydrazone groups is 1. The molecule has 0 saturated heterocycles. The Bertz CT molecular complexity index is 1640. The van der Waals surface area contributed by atoms with Crippen LogP contribution < -0.4 is 11.0 Å². The summed E-state index contributed by atoms with van der Waals surface area (Å²) in [6, 6.07) is 18.2. The minimum absolute atomic E-state index is 0.0000536. The van der Waals surface area contributed by atoms with E-state index in [9.17, 15) is 14.0 Å². The molecule has 0 atom stereocenters. The number of benzene rings is 3. The van der Waals surface area contributed by atoms with Crippen molar-refractivity contribution >= 4 is 56.0 Å². The zero-order valence-corrected chi connectivity index (χ0v) is 19.1. The van der Waals surface area contributed by atoms with Crippen LogP contribution in [0.25, 0.3) is 32.1 Å². The highest BCUT2D eigenvalue weighted by molar-refractivity contribution is 7.17. The fourth-order valence-electron chi connectivity index (χ4n) is 3.61. The van der Waals surface area contributed by atoms with Crippen molar-refractivity contribution in [2.45, 2.75) is 6.54 Å². The number of carbonyl (C=O) groups excluding carboxylic acids is 1. The van der Waals surface area contributed by atoms with Crippen molar-refractivity contribution in [3.63, 3.8) is 0 Å². The molecular formula is C25H16ClFN4O2S. The van der Waals surface area contributed by atoms with Crippen molar-refractivity contribution < 1.29 is 9.18 Å². The first-order valence-electron chi connectivity index (χ1n) is 10.2. The summed E-state index contributed by atoms with van der Waals surface area (Å²) in [7, 11) is 0. The van der Waals surface area contributed by atoms with E-state index in [1.807, 2.05) is 47.8 Å². The number of aromatic nitrogens is 2. The molecule has 5 aromatic rings. The van der Waals surface area contributed by atoms with Gasteiger partial charge in [0.1, 0.15) is 17.2 Å². The van der Waals surface area contributed by atoms with Gasteiger partial charge in [-0.3, -0.25) is 14.2 Å². The van der Waals surface area contributed by atoms with Gasteiger partial charge in [0.15, 0.2) is 0 Å². The van der Waals surface area contributed by atoms with Crippen LogP contribution in [0, 0.1) is 5.82 Å². The van der Waals surface area contributed by atoms with E-state index in [-0.39, 0.29) is 17.1 Å². The monoisotopic (exact) mass is 490 g/mol. The van der Waals surface area contributed by atoms with Crippen LogP contribution in [-0.4, -0.2) is 21.7 Å². The van der Waals surface area contributed by atoms with Crippen molar-refractivity contribution in [2.75, 3.05) is 0 Å². The smallest absolute Gasteiger partial charge is 0.263 e. The summed E-state index contributed by atoms with van der Waals surface area (Å²) in [5.41, 5.74) is 4.15. The number of halogens is 2. The van der Waals surface area contributed by atoms with E-state index < -0.39 is 11.7 Å². The van der Waals surface area contributed by atoms with Crippen molar-refractivity contribution in [3.8, 4) is 11.1 Å². The first-order chi connectivity index (χ1) is 16.5. The first-order valence-corrected chi connectivity index (χ1v) is 11.5. The van der Waals surface area contributed by atoms with Gasteiger partial charge < -0.3 is 0 Å². The highest BCUT2D eigenvalue weighted by atomic mass is 35.5. The molecule has 2 aromatic heterocycles. The molecule has 0 saturated carbocycles. The fourth-order valence-corrected chi connectivity index (χ4v) is 4.64. The summed E-state index contributed by atoms with van der Waals surface area (Å²) in [6.45, 7) is -0.263. The Morgan fingerprint density at radius 2 is 1.97 bits per heavy atom. The molecule has 168 valence electrons. The van der Waals surface area contributed by atoms with Gasteiger partial charge in [0.05, 0.1) is 23.0 Å². The number of rotatable bonds is 5. The molecule has 5 rings (SSSR count). The molecule has 0 aliphatic heterocycles. The van der Waals surface area contributed by atoms with Crippen LogP contribution in [0.4, 0.5) is 4.39 Å². The number of carbonyl (C=O) groups is 1. The van der Waals surface area contributed by atoms with E-state index >= 15 is 0 Å². The lowest BCUT2D eigenvalue weighted by Crippen LogP contribution is -2.30. The molecular weight excluding hydrogens is 475 g/mol.